The highest BCUT2D eigenvalue weighted by Crippen LogP contribution is 1.91. The third kappa shape index (κ3) is 14.0. The highest BCUT2D eigenvalue weighted by Gasteiger charge is 2.08. The molecular weight excluding hydrogens is 268 g/mol. The minimum absolute atomic E-state index is 0.121. The molecule has 0 atom stereocenters. The minimum Gasteiger partial charge on any atom is -0.382 e. The molecule has 6 nitrogen and oxygen atoms in total. The van der Waals surface area contributed by atoms with E-state index in [0.29, 0.717) is 39.0 Å². The molecule has 116 valence electrons. The monoisotopic (exact) mass is 296 g/mol. The molecule has 0 fully saturated rings. The van der Waals surface area contributed by atoms with Gasteiger partial charge in [-0.15, -0.1) is 0 Å². The molecule has 0 radical (unpaired) electrons. The third-order valence-corrected chi connectivity index (χ3v) is 3.78. The second-order valence-corrected chi connectivity index (χ2v) is 6.56. The van der Waals surface area contributed by atoms with Crippen molar-refractivity contribution in [3.63, 3.8) is 0 Å². The van der Waals surface area contributed by atoms with Gasteiger partial charge >= 0.3 is 0 Å². The van der Waals surface area contributed by atoms with Crippen LogP contribution in [0.5, 0.6) is 0 Å². The van der Waals surface area contributed by atoms with E-state index in [1.165, 1.54) is 0 Å². The lowest BCUT2D eigenvalue weighted by Gasteiger charge is -2.09. The van der Waals surface area contributed by atoms with Gasteiger partial charge in [0.2, 0.25) is 10.0 Å². The molecule has 0 heterocycles. The SMILES string of the molecule is COCCOCCCCNS(=O)(=O)CCNC(C)C. The van der Waals surface area contributed by atoms with Crippen molar-refractivity contribution < 1.29 is 17.9 Å². The molecule has 0 aromatic carbocycles. The lowest BCUT2D eigenvalue weighted by molar-refractivity contribution is 0.0689. The summed E-state index contributed by atoms with van der Waals surface area (Å²) in [6.07, 6.45) is 1.63. The molecule has 0 aliphatic heterocycles. The number of hydrogen-bond donors (Lipinski definition) is 2. The summed E-state index contributed by atoms with van der Waals surface area (Å²) in [5.74, 6) is 0.121. The van der Waals surface area contributed by atoms with Crippen LogP contribution in [0.15, 0.2) is 0 Å². The Labute approximate surface area is 117 Å². The first kappa shape index (κ1) is 18.8. The summed E-state index contributed by atoms with van der Waals surface area (Å²) in [6.45, 7) is 6.75. The molecule has 7 heteroatoms. The molecule has 0 spiro atoms. The zero-order valence-electron chi connectivity index (χ0n) is 12.3. The first-order valence-corrected chi connectivity index (χ1v) is 8.40. The number of methoxy groups -OCH3 is 1. The van der Waals surface area contributed by atoms with Crippen molar-refractivity contribution in [2.24, 2.45) is 0 Å². The van der Waals surface area contributed by atoms with Gasteiger partial charge in [0.25, 0.3) is 0 Å². The fourth-order valence-corrected chi connectivity index (χ4v) is 2.34. The van der Waals surface area contributed by atoms with Crippen molar-refractivity contribution in [3.05, 3.63) is 0 Å². The molecule has 0 aliphatic rings. The quantitative estimate of drug-likeness (QED) is 0.480. The van der Waals surface area contributed by atoms with E-state index in [1.54, 1.807) is 7.11 Å². The summed E-state index contributed by atoms with van der Waals surface area (Å²) in [5, 5.41) is 3.08. The average molecular weight is 296 g/mol. The Hall–Kier alpha value is -0.210. The highest BCUT2D eigenvalue weighted by molar-refractivity contribution is 7.89. The lowest BCUT2D eigenvalue weighted by atomic mass is 10.3. The molecule has 0 saturated heterocycles. The molecule has 0 aromatic heterocycles. The Morgan fingerprint density at radius 2 is 1.79 bits per heavy atom. The standard InChI is InChI=1S/C12H28N2O4S/c1-12(2)13-7-11-19(15,16)14-6-4-5-8-18-10-9-17-3/h12-14H,4-11H2,1-3H3. The molecule has 0 saturated carbocycles. The Kier molecular flexibility index (Phi) is 11.5. The number of nitrogens with one attached hydrogen (secondary N) is 2. The van der Waals surface area contributed by atoms with Crippen LogP contribution in [0.4, 0.5) is 0 Å². The van der Waals surface area contributed by atoms with Crippen LogP contribution in [0, 0.1) is 0 Å². The van der Waals surface area contributed by atoms with E-state index in [1.807, 2.05) is 13.8 Å². The summed E-state index contributed by atoms with van der Waals surface area (Å²) >= 11 is 0. The van der Waals surface area contributed by atoms with Gasteiger partial charge in [0.05, 0.1) is 19.0 Å². The smallest absolute Gasteiger partial charge is 0.212 e. The normalized spacial score (nSPS) is 12.2. The van der Waals surface area contributed by atoms with E-state index in [-0.39, 0.29) is 5.75 Å². The van der Waals surface area contributed by atoms with Crippen molar-refractivity contribution in [1.29, 1.82) is 0 Å². The topological polar surface area (TPSA) is 76.7 Å². The van der Waals surface area contributed by atoms with Gasteiger partial charge < -0.3 is 14.8 Å². The number of sulfonamides is 1. The molecule has 19 heavy (non-hydrogen) atoms. The zero-order chi connectivity index (χ0) is 14.6. The Bertz CT molecular complexity index is 294. The second kappa shape index (κ2) is 11.6. The highest BCUT2D eigenvalue weighted by atomic mass is 32.2. The van der Waals surface area contributed by atoms with Crippen LogP contribution in [-0.2, 0) is 19.5 Å². The summed E-state index contributed by atoms with van der Waals surface area (Å²) in [5.41, 5.74) is 0. The van der Waals surface area contributed by atoms with Gasteiger partial charge in [-0.1, -0.05) is 13.8 Å². The fourth-order valence-electron chi connectivity index (χ4n) is 1.36. The van der Waals surface area contributed by atoms with Crippen LogP contribution in [-0.4, -0.2) is 60.2 Å². The van der Waals surface area contributed by atoms with E-state index < -0.39 is 10.0 Å². The molecule has 2 N–H and O–H groups in total. The van der Waals surface area contributed by atoms with Crippen LogP contribution < -0.4 is 10.0 Å². The van der Waals surface area contributed by atoms with Gasteiger partial charge in [0.15, 0.2) is 0 Å². The van der Waals surface area contributed by atoms with E-state index in [2.05, 4.69) is 10.0 Å². The lowest BCUT2D eigenvalue weighted by Crippen LogP contribution is -2.34. The molecule has 0 amide bonds. The van der Waals surface area contributed by atoms with Crippen LogP contribution in [0.1, 0.15) is 26.7 Å². The number of unbranched alkanes of at least 4 members (excludes halogenated alkanes) is 1. The van der Waals surface area contributed by atoms with Gasteiger partial charge in [0, 0.05) is 32.8 Å². The predicted octanol–water partition coefficient (Wildman–Crippen LogP) is 0.347. The number of ether oxygens (including phenoxy) is 2. The maximum Gasteiger partial charge on any atom is 0.212 e. The predicted molar refractivity (Wildman–Crippen MR) is 76.9 cm³/mol. The van der Waals surface area contributed by atoms with Crippen molar-refractivity contribution in [3.8, 4) is 0 Å². The first-order valence-electron chi connectivity index (χ1n) is 6.75. The van der Waals surface area contributed by atoms with Gasteiger partial charge in [0.1, 0.15) is 0 Å². The minimum atomic E-state index is -3.15. The number of rotatable bonds is 13. The van der Waals surface area contributed by atoms with Crippen molar-refractivity contribution >= 4 is 10.0 Å². The second-order valence-electron chi connectivity index (χ2n) is 4.63. The Balaban J connectivity index is 3.43. The molecular formula is C12H28N2O4S. The van der Waals surface area contributed by atoms with Crippen molar-refractivity contribution in [1.82, 2.24) is 10.0 Å². The third-order valence-electron chi connectivity index (χ3n) is 2.39. The summed E-state index contributed by atoms with van der Waals surface area (Å²) in [6, 6.07) is 0.305. The molecule has 0 aliphatic carbocycles. The first-order chi connectivity index (χ1) is 8.98. The van der Waals surface area contributed by atoms with E-state index >= 15 is 0 Å². The van der Waals surface area contributed by atoms with Gasteiger partial charge in [-0.25, -0.2) is 13.1 Å². The number of hydrogen-bond acceptors (Lipinski definition) is 5. The van der Waals surface area contributed by atoms with Gasteiger partial charge in [-0.05, 0) is 12.8 Å². The fraction of sp³-hybridized carbons (Fsp3) is 1.00. The zero-order valence-corrected chi connectivity index (χ0v) is 13.1. The van der Waals surface area contributed by atoms with E-state index in [4.69, 9.17) is 9.47 Å². The van der Waals surface area contributed by atoms with Crippen LogP contribution in [0.25, 0.3) is 0 Å². The molecule has 0 bridgehead atoms. The average Bonchev–Trinajstić information content (AvgIpc) is 2.31. The maximum absolute atomic E-state index is 11.6. The Morgan fingerprint density at radius 1 is 1.05 bits per heavy atom. The maximum atomic E-state index is 11.6. The van der Waals surface area contributed by atoms with Gasteiger partial charge in [-0.2, -0.15) is 0 Å². The van der Waals surface area contributed by atoms with Crippen molar-refractivity contribution in [2.45, 2.75) is 32.7 Å². The summed E-state index contributed by atoms with van der Waals surface area (Å²) in [7, 11) is -1.52. The van der Waals surface area contributed by atoms with Crippen LogP contribution in [0.3, 0.4) is 0 Å². The molecule has 0 rings (SSSR count). The summed E-state index contributed by atoms with van der Waals surface area (Å²) in [4.78, 5) is 0. The molecule has 0 unspecified atom stereocenters. The Morgan fingerprint density at radius 3 is 2.42 bits per heavy atom. The van der Waals surface area contributed by atoms with Crippen LogP contribution >= 0.6 is 0 Å². The largest absolute Gasteiger partial charge is 0.382 e. The molecule has 0 aromatic rings. The van der Waals surface area contributed by atoms with E-state index in [0.717, 1.165) is 12.8 Å². The van der Waals surface area contributed by atoms with Gasteiger partial charge in [-0.3, -0.25) is 0 Å². The van der Waals surface area contributed by atoms with E-state index in [9.17, 15) is 8.42 Å². The van der Waals surface area contributed by atoms with Crippen molar-refractivity contribution in [2.75, 3.05) is 45.8 Å². The summed E-state index contributed by atoms with van der Waals surface area (Å²) < 4.78 is 35.9. The van der Waals surface area contributed by atoms with Crippen LogP contribution in [0.2, 0.25) is 0 Å².